The van der Waals surface area contributed by atoms with Crippen LogP contribution in [0.2, 0.25) is 0 Å². The Kier molecular flexibility index (Phi) is 4.49. The number of benzene rings is 2. The van der Waals surface area contributed by atoms with Crippen molar-refractivity contribution < 1.29 is 19.5 Å². The maximum atomic E-state index is 12.4. The van der Waals surface area contributed by atoms with Crippen molar-refractivity contribution in [1.29, 1.82) is 0 Å². The van der Waals surface area contributed by atoms with Crippen LogP contribution in [0.4, 0.5) is 11.4 Å². The molecule has 0 spiro atoms. The fourth-order valence-corrected chi connectivity index (χ4v) is 2.31. The lowest BCUT2D eigenvalue weighted by Gasteiger charge is -2.10. The molecule has 3 aromatic rings. The van der Waals surface area contributed by atoms with Gasteiger partial charge < -0.3 is 14.8 Å². The van der Waals surface area contributed by atoms with Gasteiger partial charge in [0, 0.05) is 11.6 Å². The predicted molar refractivity (Wildman–Crippen MR) is 91.9 cm³/mol. The maximum absolute atomic E-state index is 12.4. The lowest BCUT2D eigenvalue weighted by Crippen LogP contribution is -2.23. The number of aromatic hydroxyl groups is 1. The zero-order valence-electron chi connectivity index (χ0n) is 12.9. The highest BCUT2D eigenvalue weighted by Crippen LogP contribution is 2.25. The van der Waals surface area contributed by atoms with Crippen LogP contribution in [0, 0.1) is 0 Å². The van der Waals surface area contributed by atoms with Crippen LogP contribution >= 0.6 is 0 Å². The number of phenolic OH excluding ortho intramolecular Hbond substituents is 1. The van der Waals surface area contributed by atoms with Crippen molar-refractivity contribution in [1.82, 2.24) is 0 Å². The second-order valence-electron chi connectivity index (χ2n) is 5.14. The number of anilines is 2. The van der Waals surface area contributed by atoms with Crippen LogP contribution in [0.3, 0.4) is 0 Å². The molecule has 2 aromatic carbocycles. The summed E-state index contributed by atoms with van der Waals surface area (Å²) >= 11 is 0. The van der Waals surface area contributed by atoms with Gasteiger partial charge in [-0.2, -0.15) is 0 Å². The number of rotatable bonds is 4. The minimum atomic E-state index is -0.925. The molecule has 3 rings (SSSR count). The molecule has 4 N–H and O–H groups in total. The molecule has 7 heteroatoms. The van der Waals surface area contributed by atoms with Gasteiger partial charge in [0.25, 0.3) is 5.91 Å². The molecule has 0 bridgehead atoms. The Labute approximate surface area is 142 Å². The summed E-state index contributed by atoms with van der Waals surface area (Å²) in [7, 11) is 0. The van der Waals surface area contributed by atoms with E-state index in [2.05, 4.69) is 5.32 Å². The lowest BCUT2D eigenvalue weighted by molar-refractivity contribution is 0.102. The normalized spacial score (nSPS) is 10.3. The van der Waals surface area contributed by atoms with Crippen molar-refractivity contribution >= 4 is 17.3 Å². The monoisotopic (exact) mass is 338 g/mol. The van der Waals surface area contributed by atoms with Crippen LogP contribution in [-0.4, -0.2) is 16.2 Å². The van der Waals surface area contributed by atoms with E-state index in [0.717, 1.165) is 0 Å². The number of hydrogen-bond acceptors (Lipinski definition) is 6. The summed E-state index contributed by atoms with van der Waals surface area (Å²) in [6.07, 6.45) is 0. The summed E-state index contributed by atoms with van der Waals surface area (Å²) in [5, 5.41) is 21.4. The van der Waals surface area contributed by atoms with E-state index in [-0.39, 0.29) is 22.9 Å². The minimum Gasteiger partial charge on any atom is -0.506 e. The first kappa shape index (κ1) is 16.3. The summed E-state index contributed by atoms with van der Waals surface area (Å²) < 4.78 is 5.20. The van der Waals surface area contributed by atoms with Gasteiger partial charge in [0.2, 0.25) is 0 Å². The van der Waals surface area contributed by atoms with E-state index in [1.54, 1.807) is 42.5 Å². The molecule has 0 radical (unpaired) electrons. The highest BCUT2D eigenvalue weighted by atomic mass is 16.5. The predicted octanol–water partition coefficient (Wildman–Crippen LogP) is 3.07. The van der Waals surface area contributed by atoms with E-state index in [4.69, 9.17) is 4.42 Å². The Morgan fingerprint density at radius 3 is 2.32 bits per heavy atom. The largest absolute Gasteiger partial charge is 0.506 e. The van der Waals surface area contributed by atoms with Crippen LogP contribution in [-0.2, 0) is 0 Å². The third-order valence-corrected chi connectivity index (χ3v) is 3.51. The first-order valence-corrected chi connectivity index (χ1v) is 7.33. The lowest BCUT2D eigenvalue weighted by atomic mass is 10.1. The first-order chi connectivity index (χ1) is 12.1. The standard InChI is InChI=1S/C18H14N2O5/c21-14-9-5-4-8-12(14)19-17(22)16-13(20-24)10-15(25-18(16)23)11-6-2-1-3-7-11/h1-10,20-21,24H,(H,19,22). The number of nitrogens with one attached hydrogen (secondary N) is 2. The fourth-order valence-electron chi connectivity index (χ4n) is 2.31. The van der Waals surface area contributed by atoms with Gasteiger partial charge in [-0.15, -0.1) is 0 Å². The average molecular weight is 338 g/mol. The minimum absolute atomic E-state index is 0.108. The van der Waals surface area contributed by atoms with Gasteiger partial charge in [0.1, 0.15) is 11.5 Å². The number of phenols is 1. The molecule has 7 nitrogen and oxygen atoms in total. The van der Waals surface area contributed by atoms with E-state index in [1.165, 1.54) is 18.2 Å². The van der Waals surface area contributed by atoms with Crippen molar-refractivity contribution in [3.05, 3.63) is 76.6 Å². The SMILES string of the molecule is O=C(Nc1ccccc1O)c1c(NO)cc(-c2ccccc2)oc1=O. The molecule has 1 heterocycles. The maximum Gasteiger partial charge on any atom is 0.351 e. The molecule has 0 aliphatic carbocycles. The molecule has 0 fully saturated rings. The molecule has 126 valence electrons. The Morgan fingerprint density at radius 2 is 1.64 bits per heavy atom. The van der Waals surface area contributed by atoms with Gasteiger partial charge in [-0.25, -0.2) is 4.79 Å². The highest BCUT2D eigenvalue weighted by Gasteiger charge is 2.20. The number of carbonyl (C=O) groups excluding carboxylic acids is 1. The molecule has 1 aromatic heterocycles. The molecule has 0 saturated heterocycles. The summed E-state index contributed by atoms with van der Waals surface area (Å²) in [5.41, 5.74) is 1.14. The van der Waals surface area contributed by atoms with Gasteiger partial charge in [0.05, 0.1) is 11.4 Å². The molecule has 0 aliphatic heterocycles. The first-order valence-electron chi connectivity index (χ1n) is 7.33. The molecular formula is C18H14N2O5. The quantitative estimate of drug-likeness (QED) is 0.430. The van der Waals surface area contributed by atoms with Crippen LogP contribution in [0.15, 0.2) is 69.9 Å². The molecule has 1 amide bonds. The van der Waals surface area contributed by atoms with Crippen LogP contribution in [0.1, 0.15) is 10.4 Å². The van der Waals surface area contributed by atoms with E-state index >= 15 is 0 Å². The number of amides is 1. The van der Waals surface area contributed by atoms with Gasteiger partial charge >= 0.3 is 5.63 Å². The van der Waals surface area contributed by atoms with E-state index < -0.39 is 17.1 Å². The zero-order chi connectivity index (χ0) is 17.8. The molecule has 0 atom stereocenters. The van der Waals surface area contributed by atoms with Crippen molar-refractivity contribution in [2.45, 2.75) is 0 Å². The van der Waals surface area contributed by atoms with Crippen molar-refractivity contribution in [3.63, 3.8) is 0 Å². The third-order valence-electron chi connectivity index (χ3n) is 3.51. The molecule has 25 heavy (non-hydrogen) atoms. The Balaban J connectivity index is 2.00. The van der Waals surface area contributed by atoms with Gasteiger partial charge in [-0.05, 0) is 12.1 Å². The average Bonchev–Trinajstić information content (AvgIpc) is 2.63. The highest BCUT2D eigenvalue weighted by molar-refractivity contribution is 6.08. The van der Waals surface area contributed by atoms with Crippen LogP contribution in [0.25, 0.3) is 11.3 Å². The fraction of sp³-hybridized carbons (Fsp3) is 0. The Bertz CT molecular complexity index is 967. The van der Waals surface area contributed by atoms with Crippen molar-refractivity contribution in [3.8, 4) is 17.1 Å². The molecule has 0 saturated carbocycles. The van der Waals surface area contributed by atoms with Gasteiger partial charge in [-0.1, -0.05) is 42.5 Å². The second-order valence-corrected chi connectivity index (χ2v) is 5.14. The zero-order valence-corrected chi connectivity index (χ0v) is 12.9. The summed E-state index contributed by atoms with van der Waals surface area (Å²) in [6, 6.07) is 16.2. The molecule has 0 aliphatic rings. The van der Waals surface area contributed by atoms with Crippen LogP contribution < -0.4 is 16.4 Å². The second kappa shape index (κ2) is 6.90. The van der Waals surface area contributed by atoms with E-state index in [9.17, 15) is 19.9 Å². The van der Waals surface area contributed by atoms with E-state index in [1.807, 2.05) is 5.48 Å². The van der Waals surface area contributed by atoms with Crippen molar-refractivity contribution in [2.75, 3.05) is 10.8 Å². The van der Waals surface area contributed by atoms with Gasteiger partial charge in [0.15, 0.2) is 5.56 Å². The summed E-state index contributed by atoms with van der Waals surface area (Å²) in [6.45, 7) is 0. The number of carbonyl (C=O) groups is 1. The smallest absolute Gasteiger partial charge is 0.351 e. The van der Waals surface area contributed by atoms with Gasteiger partial charge in [-0.3, -0.25) is 15.5 Å². The van der Waals surface area contributed by atoms with E-state index in [0.29, 0.717) is 5.56 Å². The Hall–Kier alpha value is -3.58. The number of para-hydroxylation sites is 2. The summed E-state index contributed by atoms with van der Waals surface area (Å²) in [5.74, 6) is -0.785. The molecular weight excluding hydrogens is 324 g/mol. The van der Waals surface area contributed by atoms with Crippen molar-refractivity contribution in [2.24, 2.45) is 0 Å². The molecule has 0 unspecified atom stereocenters. The Morgan fingerprint density at radius 1 is 0.960 bits per heavy atom. The third kappa shape index (κ3) is 3.36. The number of hydrogen-bond donors (Lipinski definition) is 4. The summed E-state index contributed by atoms with van der Waals surface area (Å²) in [4.78, 5) is 24.6. The van der Waals surface area contributed by atoms with Crippen LogP contribution in [0.5, 0.6) is 5.75 Å². The topological polar surface area (TPSA) is 112 Å².